The van der Waals surface area contributed by atoms with Gasteiger partial charge in [0.2, 0.25) is 0 Å². The minimum atomic E-state index is -0.912. The molecule has 2 N–H and O–H groups in total. The first kappa shape index (κ1) is 17.4. The minimum Gasteiger partial charge on any atom is -0.463 e. The standard InChI is InChI=1S/C16H22O5/c1-2-21-16(19)9-8-14(17)10-15(18)12-20-11-13-6-4-3-5-7-13/h3-9,14-15,17-18H,2,10-12H2,1H3/b9-8+/t14-,15-/m0/s1. The summed E-state index contributed by atoms with van der Waals surface area (Å²) >= 11 is 0. The van der Waals surface area contributed by atoms with E-state index in [0.717, 1.165) is 11.6 Å². The smallest absolute Gasteiger partial charge is 0.330 e. The molecular weight excluding hydrogens is 272 g/mol. The quantitative estimate of drug-likeness (QED) is 0.532. The molecule has 5 nitrogen and oxygen atoms in total. The Morgan fingerprint density at radius 2 is 2.00 bits per heavy atom. The molecule has 21 heavy (non-hydrogen) atoms. The van der Waals surface area contributed by atoms with Gasteiger partial charge in [0.25, 0.3) is 0 Å². The van der Waals surface area contributed by atoms with Gasteiger partial charge in [-0.2, -0.15) is 0 Å². The summed E-state index contributed by atoms with van der Waals surface area (Å²) in [5, 5.41) is 19.4. The monoisotopic (exact) mass is 294 g/mol. The van der Waals surface area contributed by atoms with E-state index in [2.05, 4.69) is 4.74 Å². The molecule has 0 spiro atoms. The van der Waals surface area contributed by atoms with Crippen molar-refractivity contribution in [1.29, 1.82) is 0 Å². The summed E-state index contributed by atoms with van der Waals surface area (Å²) in [4.78, 5) is 11.1. The van der Waals surface area contributed by atoms with Gasteiger partial charge in [-0.1, -0.05) is 30.3 Å². The van der Waals surface area contributed by atoms with Gasteiger partial charge in [0.05, 0.1) is 32.0 Å². The highest BCUT2D eigenvalue weighted by Gasteiger charge is 2.10. The number of hydrogen-bond donors (Lipinski definition) is 2. The highest BCUT2D eigenvalue weighted by molar-refractivity contribution is 5.81. The number of aliphatic hydroxyl groups excluding tert-OH is 2. The SMILES string of the molecule is CCOC(=O)/C=C/[C@H](O)C[C@H](O)COCc1ccccc1. The third-order valence-corrected chi connectivity index (χ3v) is 2.68. The summed E-state index contributed by atoms with van der Waals surface area (Å²) < 4.78 is 10.1. The van der Waals surface area contributed by atoms with E-state index in [1.165, 1.54) is 6.08 Å². The number of esters is 1. The maximum absolute atomic E-state index is 11.1. The number of ether oxygens (including phenoxy) is 2. The Bertz CT molecular complexity index is 430. The molecule has 0 fully saturated rings. The van der Waals surface area contributed by atoms with Gasteiger partial charge in [0, 0.05) is 12.5 Å². The van der Waals surface area contributed by atoms with Crippen LogP contribution in [0.15, 0.2) is 42.5 Å². The van der Waals surface area contributed by atoms with Crippen molar-refractivity contribution >= 4 is 5.97 Å². The number of benzene rings is 1. The van der Waals surface area contributed by atoms with Gasteiger partial charge >= 0.3 is 5.97 Å². The van der Waals surface area contributed by atoms with E-state index in [1.54, 1.807) is 6.92 Å². The molecule has 0 unspecified atom stereocenters. The van der Waals surface area contributed by atoms with Crippen LogP contribution in [0, 0.1) is 0 Å². The lowest BCUT2D eigenvalue weighted by atomic mass is 10.1. The fourth-order valence-corrected chi connectivity index (χ4v) is 1.69. The Morgan fingerprint density at radius 3 is 2.67 bits per heavy atom. The molecule has 0 aliphatic heterocycles. The zero-order chi connectivity index (χ0) is 15.5. The first-order valence-corrected chi connectivity index (χ1v) is 6.94. The fourth-order valence-electron chi connectivity index (χ4n) is 1.69. The first-order valence-electron chi connectivity index (χ1n) is 6.94. The van der Waals surface area contributed by atoms with Crippen molar-refractivity contribution in [2.24, 2.45) is 0 Å². The molecular formula is C16H22O5. The summed E-state index contributed by atoms with van der Waals surface area (Å²) in [6, 6.07) is 9.62. The van der Waals surface area contributed by atoms with E-state index in [9.17, 15) is 15.0 Å². The highest BCUT2D eigenvalue weighted by Crippen LogP contribution is 2.04. The highest BCUT2D eigenvalue weighted by atomic mass is 16.5. The Morgan fingerprint density at radius 1 is 1.29 bits per heavy atom. The predicted octanol–water partition coefficient (Wildman–Crippen LogP) is 1.43. The molecule has 0 saturated carbocycles. The second-order valence-electron chi connectivity index (χ2n) is 4.57. The molecule has 0 amide bonds. The summed E-state index contributed by atoms with van der Waals surface area (Å²) in [5.41, 5.74) is 1.02. The van der Waals surface area contributed by atoms with Crippen LogP contribution in [-0.4, -0.2) is 41.6 Å². The van der Waals surface area contributed by atoms with Crippen LogP contribution in [0.3, 0.4) is 0 Å². The normalized spacial score (nSPS) is 14.0. The van der Waals surface area contributed by atoms with Gasteiger partial charge in [-0.25, -0.2) is 4.79 Å². The number of carbonyl (C=O) groups excluding carboxylic acids is 1. The zero-order valence-electron chi connectivity index (χ0n) is 12.1. The number of rotatable bonds is 9. The van der Waals surface area contributed by atoms with E-state index in [0.29, 0.717) is 6.61 Å². The molecule has 0 saturated heterocycles. The number of aliphatic hydroxyl groups is 2. The van der Waals surface area contributed by atoms with Gasteiger partial charge < -0.3 is 19.7 Å². The Balaban J connectivity index is 2.20. The Labute approximate surface area is 124 Å². The number of carbonyl (C=O) groups is 1. The van der Waals surface area contributed by atoms with Crippen LogP contribution in [0.5, 0.6) is 0 Å². The van der Waals surface area contributed by atoms with Crippen LogP contribution in [0.4, 0.5) is 0 Å². The molecule has 1 aromatic rings. The van der Waals surface area contributed by atoms with Crippen molar-refractivity contribution in [2.75, 3.05) is 13.2 Å². The van der Waals surface area contributed by atoms with Crippen molar-refractivity contribution in [1.82, 2.24) is 0 Å². The van der Waals surface area contributed by atoms with Crippen LogP contribution in [0.2, 0.25) is 0 Å². The van der Waals surface area contributed by atoms with E-state index in [1.807, 2.05) is 30.3 Å². The predicted molar refractivity (Wildman–Crippen MR) is 78.5 cm³/mol. The lowest BCUT2D eigenvalue weighted by Crippen LogP contribution is -2.21. The van der Waals surface area contributed by atoms with Gasteiger partial charge in [0.15, 0.2) is 0 Å². The van der Waals surface area contributed by atoms with Crippen molar-refractivity contribution < 1.29 is 24.5 Å². The summed E-state index contributed by atoms with van der Waals surface area (Å²) in [6.45, 7) is 2.52. The summed E-state index contributed by atoms with van der Waals surface area (Å²) in [7, 11) is 0. The minimum absolute atomic E-state index is 0.102. The largest absolute Gasteiger partial charge is 0.463 e. The van der Waals surface area contributed by atoms with E-state index in [4.69, 9.17) is 4.74 Å². The molecule has 0 radical (unpaired) electrons. The lowest BCUT2D eigenvalue weighted by molar-refractivity contribution is -0.137. The fraction of sp³-hybridized carbons (Fsp3) is 0.438. The van der Waals surface area contributed by atoms with Crippen molar-refractivity contribution in [3.63, 3.8) is 0 Å². The van der Waals surface area contributed by atoms with Gasteiger partial charge in [-0.3, -0.25) is 0 Å². The summed E-state index contributed by atoms with van der Waals surface area (Å²) in [6.07, 6.45) is 0.856. The van der Waals surface area contributed by atoms with Crippen molar-refractivity contribution in [3.05, 3.63) is 48.0 Å². The molecule has 0 aromatic heterocycles. The lowest BCUT2D eigenvalue weighted by Gasteiger charge is -2.13. The average Bonchev–Trinajstić information content (AvgIpc) is 2.46. The Kier molecular flexibility index (Phi) is 8.35. The summed E-state index contributed by atoms with van der Waals surface area (Å²) in [5.74, 6) is -0.508. The molecule has 2 atom stereocenters. The molecule has 5 heteroatoms. The second-order valence-corrected chi connectivity index (χ2v) is 4.57. The zero-order valence-corrected chi connectivity index (χ0v) is 12.1. The molecule has 0 bridgehead atoms. The maximum Gasteiger partial charge on any atom is 0.330 e. The molecule has 0 aliphatic carbocycles. The molecule has 116 valence electrons. The van der Waals surface area contributed by atoms with Crippen LogP contribution < -0.4 is 0 Å². The van der Waals surface area contributed by atoms with Crippen LogP contribution >= 0.6 is 0 Å². The third-order valence-electron chi connectivity index (χ3n) is 2.68. The van der Waals surface area contributed by atoms with Gasteiger partial charge in [-0.05, 0) is 18.6 Å². The maximum atomic E-state index is 11.1. The molecule has 0 aliphatic rings. The van der Waals surface area contributed by atoms with Crippen LogP contribution in [-0.2, 0) is 20.9 Å². The van der Waals surface area contributed by atoms with Crippen molar-refractivity contribution in [2.45, 2.75) is 32.2 Å². The van der Waals surface area contributed by atoms with Crippen molar-refractivity contribution in [3.8, 4) is 0 Å². The Hall–Kier alpha value is -1.69. The van der Waals surface area contributed by atoms with E-state index < -0.39 is 18.2 Å². The van der Waals surface area contributed by atoms with E-state index in [-0.39, 0.29) is 19.6 Å². The van der Waals surface area contributed by atoms with Crippen LogP contribution in [0.1, 0.15) is 18.9 Å². The molecule has 1 aromatic carbocycles. The second kappa shape index (κ2) is 10.1. The van der Waals surface area contributed by atoms with Gasteiger partial charge in [-0.15, -0.1) is 0 Å². The third kappa shape index (κ3) is 8.24. The first-order chi connectivity index (χ1) is 10.1. The van der Waals surface area contributed by atoms with Gasteiger partial charge in [0.1, 0.15) is 0 Å². The number of hydrogen-bond acceptors (Lipinski definition) is 5. The van der Waals surface area contributed by atoms with Crippen LogP contribution in [0.25, 0.3) is 0 Å². The average molecular weight is 294 g/mol. The molecule has 1 rings (SSSR count). The molecule has 0 heterocycles. The topological polar surface area (TPSA) is 76.0 Å². The van der Waals surface area contributed by atoms with E-state index >= 15 is 0 Å².